The van der Waals surface area contributed by atoms with Crippen LogP contribution in [0.4, 0.5) is 15.8 Å². The molecule has 3 heterocycles. The van der Waals surface area contributed by atoms with Crippen LogP contribution in [-0.2, 0) is 6.54 Å². The van der Waals surface area contributed by atoms with Gasteiger partial charge in [0.25, 0.3) is 0 Å². The van der Waals surface area contributed by atoms with E-state index in [4.69, 9.17) is 11.6 Å². The molecule has 1 fully saturated rings. The Morgan fingerprint density at radius 3 is 2.62 bits per heavy atom. The molecular formula is C18H18ClFN6. The zero-order valence-corrected chi connectivity index (χ0v) is 14.8. The van der Waals surface area contributed by atoms with E-state index < -0.39 is 0 Å². The first-order chi connectivity index (χ1) is 12.7. The number of hydrogen-bond donors (Lipinski definition) is 2. The van der Waals surface area contributed by atoms with Crippen molar-refractivity contribution in [2.75, 3.05) is 36.4 Å². The highest BCUT2D eigenvalue weighted by atomic mass is 35.5. The Balaban J connectivity index is 1.60. The third-order valence-electron chi connectivity index (χ3n) is 4.41. The largest absolute Gasteiger partial charge is 0.378 e. The van der Waals surface area contributed by atoms with Crippen LogP contribution in [0.15, 0.2) is 36.9 Å². The maximum Gasteiger partial charge on any atom is 0.130 e. The van der Waals surface area contributed by atoms with Crippen LogP contribution in [-0.4, -0.2) is 41.1 Å². The van der Waals surface area contributed by atoms with E-state index >= 15 is 0 Å². The van der Waals surface area contributed by atoms with Crippen molar-refractivity contribution < 1.29 is 4.39 Å². The van der Waals surface area contributed by atoms with Gasteiger partial charge in [0.1, 0.15) is 5.82 Å². The molecule has 134 valence electrons. The second-order valence-electron chi connectivity index (χ2n) is 6.10. The predicted octanol–water partition coefficient (Wildman–Crippen LogP) is 2.84. The Labute approximate surface area is 155 Å². The van der Waals surface area contributed by atoms with Crippen molar-refractivity contribution in [1.82, 2.24) is 20.3 Å². The number of halogens is 2. The van der Waals surface area contributed by atoms with Crippen molar-refractivity contribution in [2.45, 2.75) is 6.54 Å². The number of aromatic nitrogens is 3. The molecule has 1 aliphatic rings. The fourth-order valence-electron chi connectivity index (χ4n) is 3.12. The summed E-state index contributed by atoms with van der Waals surface area (Å²) in [5.74, 6) is -0.316. The van der Waals surface area contributed by atoms with Crippen LogP contribution in [0.2, 0.25) is 5.02 Å². The van der Waals surface area contributed by atoms with Gasteiger partial charge in [0.2, 0.25) is 0 Å². The van der Waals surface area contributed by atoms with E-state index in [-0.39, 0.29) is 5.82 Å². The Morgan fingerprint density at radius 2 is 1.85 bits per heavy atom. The number of nitrogens with one attached hydrogen (secondary N) is 2. The summed E-state index contributed by atoms with van der Waals surface area (Å²) < 4.78 is 14.4. The van der Waals surface area contributed by atoms with E-state index in [1.54, 1.807) is 30.9 Å². The molecule has 26 heavy (non-hydrogen) atoms. The molecule has 8 heteroatoms. The molecule has 0 saturated carbocycles. The van der Waals surface area contributed by atoms with Gasteiger partial charge in [-0.15, -0.1) is 0 Å². The van der Waals surface area contributed by atoms with Gasteiger partial charge in [-0.25, -0.2) is 4.39 Å². The van der Waals surface area contributed by atoms with Gasteiger partial charge >= 0.3 is 0 Å². The number of rotatable bonds is 4. The molecule has 1 saturated heterocycles. The third kappa shape index (κ3) is 3.40. The van der Waals surface area contributed by atoms with Crippen LogP contribution in [0.5, 0.6) is 0 Å². The molecule has 0 bridgehead atoms. The van der Waals surface area contributed by atoms with Gasteiger partial charge < -0.3 is 15.5 Å². The summed E-state index contributed by atoms with van der Waals surface area (Å²) in [5.41, 5.74) is 3.42. The Bertz CT molecular complexity index is 929. The van der Waals surface area contributed by atoms with Crippen molar-refractivity contribution >= 4 is 34.0 Å². The molecule has 0 radical (unpaired) electrons. The lowest BCUT2D eigenvalue weighted by atomic mass is 10.1. The Hall–Kier alpha value is -2.51. The minimum atomic E-state index is -0.316. The fraction of sp³-hybridized carbons (Fsp3) is 0.278. The molecule has 0 unspecified atom stereocenters. The maximum atomic E-state index is 14.4. The van der Waals surface area contributed by atoms with Crippen molar-refractivity contribution in [1.29, 1.82) is 0 Å². The first kappa shape index (κ1) is 16.9. The second kappa shape index (κ2) is 7.39. The number of fused-ring (bicyclic) bond motifs is 1. The van der Waals surface area contributed by atoms with Crippen LogP contribution >= 0.6 is 11.6 Å². The van der Waals surface area contributed by atoms with E-state index in [1.807, 2.05) is 0 Å². The van der Waals surface area contributed by atoms with E-state index in [1.165, 1.54) is 6.07 Å². The molecule has 3 aromatic rings. The summed E-state index contributed by atoms with van der Waals surface area (Å²) in [5, 5.41) is 7.18. The molecule has 2 N–H and O–H groups in total. The summed E-state index contributed by atoms with van der Waals surface area (Å²) in [6, 6.07) is 3.12. The van der Waals surface area contributed by atoms with E-state index in [9.17, 15) is 4.39 Å². The van der Waals surface area contributed by atoms with Gasteiger partial charge in [-0.2, -0.15) is 0 Å². The Kier molecular flexibility index (Phi) is 4.81. The highest BCUT2D eigenvalue weighted by Gasteiger charge is 2.18. The first-order valence-corrected chi connectivity index (χ1v) is 8.82. The number of benzene rings is 1. The smallest absolute Gasteiger partial charge is 0.130 e. The van der Waals surface area contributed by atoms with Crippen molar-refractivity contribution in [2.24, 2.45) is 0 Å². The molecular weight excluding hydrogens is 355 g/mol. The average Bonchev–Trinajstić information content (AvgIpc) is 2.67. The predicted molar refractivity (Wildman–Crippen MR) is 101 cm³/mol. The lowest BCUT2D eigenvalue weighted by molar-refractivity contribution is 0.589. The lowest BCUT2D eigenvalue weighted by Crippen LogP contribution is -2.43. The second-order valence-corrected chi connectivity index (χ2v) is 6.50. The van der Waals surface area contributed by atoms with E-state index in [0.717, 1.165) is 37.6 Å². The highest BCUT2D eigenvalue weighted by Crippen LogP contribution is 2.33. The SMILES string of the molecule is Fc1cc2nccnc2cc1CNc1cncc(Cl)c1N1CCNCC1. The van der Waals surface area contributed by atoms with Crippen molar-refractivity contribution in [3.8, 4) is 0 Å². The summed E-state index contributed by atoms with van der Waals surface area (Å²) in [6.07, 6.45) is 6.51. The topological polar surface area (TPSA) is 66.0 Å². The third-order valence-corrected chi connectivity index (χ3v) is 4.69. The lowest BCUT2D eigenvalue weighted by Gasteiger charge is -2.31. The van der Waals surface area contributed by atoms with Crippen LogP contribution in [0.1, 0.15) is 5.56 Å². The van der Waals surface area contributed by atoms with Gasteiger partial charge in [-0.05, 0) is 6.07 Å². The average molecular weight is 373 g/mol. The number of piperazine rings is 1. The standard InChI is InChI=1S/C18H18ClFN6/c19-13-10-22-11-17(18(13)26-5-3-21-4-6-26)25-9-12-7-15-16(8-14(12)20)24-2-1-23-15/h1-2,7-8,10-11,21,25H,3-6,9H2. The molecule has 0 amide bonds. The minimum Gasteiger partial charge on any atom is -0.378 e. The molecule has 0 atom stereocenters. The normalized spacial score (nSPS) is 14.6. The zero-order valence-electron chi connectivity index (χ0n) is 14.0. The quantitative estimate of drug-likeness (QED) is 0.734. The number of nitrogens with zero attached hydrogens (tertiary/aromatic N) is 4. The highest BCUT2D eigenvalue weighted by molar-refractivity contribution is 6.33. The van der Waals surface area contributed by atoms with E-state index in [2.05, 4.69) is 30.5 Å². The molecule has 0 spiro atoms. The number of anilines is 2. The van der Waals surface area contributed by atoms with Crippen LogP contribution in [0, 0.1) is 5.82 Å². The van der Waals surface area contributed by atoms with Crippen LogP contribution < -0.4 is 15.5 Å². The molecule has 6 nitrogen and oxygen atoms in total. The molecule has 1 aliphatic heterocycles. The molecule has 4 rings (SSSR count). The summed E-state index contributed by atoms with van der Waals surface area (Å²) >= 11 is 6.40. The molecule has 0 aliphatic carbocycles. The van der Waals surface area contributed by atoms with Crippen molar-refractivity contribution in [3.05, 3.63) is 53.3 Å². The van der Waals surface area contributed by atoms with Crippen LogP contribution in [0.25, 0.3) is 11.0 Å². The summed E-state index contributed by atoms with van der Waals surface area (Å²) in [4.78, 5) is 14.7. The zero-order chi connectivity index (χ0) is 17.9. The maximum absolute atomic E-state index is 14.4. The van der Waals surface area contributed by atoms with Gasteiger partial charge in [0.15, 0.2) is 0 Å². The van der Waals surface area contributed by atoms with Gasteiger partial charge in [-0.3, -0.25) is 15.0 Å². The summed E-state index contributed by atoms with van der Waals surface area (Å²) in [7, 11) is 0. The van der Waals surface area contributed by atoms with Gasteiger partial charge in [0, 0.05) is 62.9 Å². The monoisotopic (exact) mass is 372 g/mol. The minimum absolute atomic E-state index is 0.305. The number of pyridine rings is 1. The van der Waals surface area contributed by atoms with Crippen LogP contribution in [0.3, 0.4) is 0 Å². The molecule has 1 aromatic carbocycles. The van der Waals surface area contributed by atoms with E-state index in [0.29, 0.717) is 28.2 Å². The van der Waals surface area contributed by atoms with Gasteiger partial charge in [-0.1, -0.05) is 11.6 Å². The number of hydrogen-bond acceptors (Lipinski definition) is 6. The van der Waals surface area contributed by atoms with Gasteiger partial charge in [0.05, 0.1) is 33.6 Å². The first-order valence-electron chi connectivity index (χ1n) is 8.44. The van der Waals surface area contributed by atoms with Crippen molar-refractivity contribution in [3.63, 3.8) is 0 Å². The summed E-state index contributed by atoms with van der Waals surface area (Å²) in [6.45, 7) is 3.82. The fourth-order valence-corrected chi connectivity index (χ4v) is 3.40. The Morgan fingerprint density at radius 1 is 1.12 bits per heavy atom. The molecule has 2 aromatic heterocycles.